The maximum atomic E-state index is 12.8. The SMILES string of the molecule is CC.CCC1CCN(C(=O)C2CCC(CN3CCN(C)CC3)CC2)CC1. The molecule has 2 saturated heterocycles. The molecule has 0 atom stereocenters. The number of hydrogen-bond donors (Lipinski definition) is 0. The number of carbonyl (C=O) groups is 1. The molecule has 0 unspecified atom stereocenters. The molecule has 0 aromatic rings. The van der Waals surface area contributed by atoms with Crippen LogP contribution in [-0.4, -0.2) is 73.5 Å². The van der Waals surface area contributed by atoms with Crippen molar-refractivity contribution >= 4 is 5.91 Å². The van der Waals surface area contributed by atoms with Crippen LogP contribution in [0, 0.1) is 17.8 Å². The van der Waals surface area contributed by atoms with Gasteiger partial charge in [-0.2, -0.15) is 0 Å². The predicted molar refractivity (Wildman–Crippen MR) is 110 cm³/mol. The number of likely N-dealkylation sites (tertiary alicyclic amines) is 1. The summed E-state index contributed by atoms with van der Waals surface area (Å²) in [7, 11) is 2.22. The minimum Gasteiger partial charge on any atom is -0.342 e. The van der Waals surface area contributed by atoms with Crippen LogP contribution in [0.5, 0.6) is 0 Å². The lowest BCUT2D eigenvalue weighted by atomic mass is 9.80. The van der Waals surface area contributed by atoms with Gasteiger partial charge in [0.15, 0.2) is 0 Å². The zero-order chi connectivity index (χ0) is 18.9. The maximum absolute atomic E-state index is 12.8. The summed E-state index contributed by atoms with van der Waals surface area (Å²) in [5.74, 6) is 2.48. The van der Waals surface area contributed by atoms with Crippen molar-refractivity contribution in [2.75, 3.05) is 52.9 Å². The summed E-state index contributed by atoms with van der Waals surface area (Å²) < 4.78 is 0. The maximum Gasteiger partial charge on any atom is 0.225 e. The van der Waals surface area contributed by atoms with E-state index in [0.717, 1.165) is 37.8 Å². The molecule has 1 amide bonds. The first kappa shape index (κ1) is 21.7. The topological polar surface area (TPSA) is 26.8 Å². The molecule has 4 heteroatoms. The van der Waals surface area contributed by atoms with Gasteiger partial charge in [-0.25, -0.2) is 0 Å². The van der Waals surface area contributed by atoms with Gasteiger partial charge in [-0.1, -0.05) is 27.2 Å². The Labute approximate surface area is 162 Å². The highest BCUT2D eigenvalue weighted by Crippen LogP contribution is 2.32. The highest BCUT2D eigenvalue weighted by atomic mass is 16.2. The molecular formula is C22H43N3O. The van der Waals surface area contributed by atoms with E-state index in [-0.39, 0.29) is 0 Å². The van der Waals surface area contributed by atoms with Gasteiger partial charge in [0.1, 0.15) is 0 Å². The molecule has 2 aliphatic heterocycles. The van der Waals surface area contributed by atoms with E-state index in [1.807, 2.05) is 13.8 Å². The summed E-state index contributed by atoms with van der Waals surface area (Å²) in [5, 5.41) is 0. The predicted octanol–water partition coefficient (Wildman–Crippen LogP) is 3.72. The standard InChI is InChI=1S/C20H37N3O.C2H6/c1-3-17-8-10-23(11-9-17)20(24)19-6-4-18(5-7-19)16-22-14-12-21(2)13-15-22;1-2/h17-19H,3-16H2,1-2H3;1-2H3. The Hall–Kier alpha value is -0.610. The van der Waals surface area contributed by atoms with E-state index in [1.165, 1.54) is 64.8 Å². The number of likely N-dealkylation sites (N-methyl/N-ethyl adjacent to an activating group) is 1. The number of nitrogens with zero attached hydrogens (tertiary/aromatic N) is 3. The third-order valence-electron chi connectivity index (χ3n) is 6.81. The number of rotatable bonds is 4. The van der Waals surface area contributed by atoms with E-state index in [0.29, 0.717) is 11.8 Å². The summed E-state index contributed by atoms with van der Waals surface area (Å²) in [4.78, 5) is 20.0. The van der Waals surface area contributed by atoms with E-state index < -0.39 is 0 Å². The van der Waals surface area contributed by atoms with Crippen molar-refractivity contribution in [2.45, 2.75) is 65.7 Å². The molecule has 3 fully saturated rings. The molecule has 0 aromatic carbocycles. The van der Waals surface area contributed by atoms with Crippen molar-refractivity contribution in [3.05, 3.63) is 0 Å². The number of piperazine rings is 1. The van der Waals surface area contributed by atoms with E-state index in [9.17, 15) is 4.79 Å². The minimum absolute atomic E-state index is 0.326. The Morgan fingerprint density at radius 1 is 0.808 bits per heavy atom. The van der Waals surface area contributed by atoms with Crippen LogP contribution in [0.25, 0.3) is 0 Å². The van der Waals surface area contributed by atoms with E-state index >= 15 is 0 Å². The summed E-state index contributed by atoms with van der Waals surface area (Å²) >= 11 is 0. The molecule has 0 radical (unpaired) electrons. The van der Waals surface area contributed by atoms with Crippen molar-refractivity contribution in [1.82, 2.24) is 14.7 Å². The largest absolute Gasteiger partial charge is 0.342 e. The van der Waals surface area contributed by atoms with E-state index in [2.05, 4.69) is 28.7 Å². The van der Waals surface area contributed by atoms with Crippen LogP contribution in [0.2, 0.25) is 0 Å². The normalized spacial score (nSPS) is 29.2. The second-order valence-electron chi connectivity index (χ2n) is 8.50. The molecule has 0 spiro atoms. The molecule has 3 aliphatic rings. The van der Waals surface area contributed by atoms with Crippen molar-refractivity contribution in [3.63, 3.8) is 0 Å². The van der Waals surface area contributed by atoms with Gasteiger partial charge in [-0.15, -0.1) is 0 Å². The van der Waals surface area contributed by atoms with Gasteiger partial charge in [-0.3, -0.25) is 4.79 Å². The monoisotopic (exact) mass is 365 g/mol. The summed E-state index contributed by atoms with van der Waals surface area (Å²) in [5.41, 5.74) is 0. The summed E-state index contributed by atoms with van der Waals surface area (Å²) in [6, 6.07) is 0. The summed E-state index contributed by atoms with van der Waals surface area (Å²) in [6.45, 7) is 14.4. The molecule has 2 heterocycles. The first-order valence-corrected chi connectivity index (χ1v) is 11.4. The van der Waals surface area contributed by atoms with Crippen molar-refractivity contribution in [3.8, 4) is 0 Å². The molecule has 0 aromatic heterocycles. The lowest BCUT2D eigenvalue weighted by molar-refractivity contribution is -0.138. The van der Waals surface area contributed by atoms with Crippen LogP contribution in [0.15, 0.2) is 0 Å². The summed E-state index contributed by atoms with van der Waals surface area (Å²) in [6.07, 6.45) is 8.50. The van der Waals surface area contributed by atoms with Crippen LogP contribution in [-0.2, 0) is 4.79 Å². The van der Waals surface area contributed by atoms with Gasteiger partial charge in [0.05, 0.1) is 0 Å². The minimum atomic E-state index is 0.326. The Morgan fingerprint density at radius 3 is 1.92 bits per heavy atom. The van der Waals surface area contributed by atoms with Crippen molar-refractivity contribution in [2.24, 2.45) is 17.8 Å². The van der Waals surface area contributed by atoms with Gasteiger partial charge < -0.3 is 14.7 Å². The number of amides is 1. The first-order valence-electron chi connectivity index (χ1n) is 11.4. The first-order chi connectivity index (χ1) is 12.7. The van der Waals surface area contributed by atoms with Crippen LogP contribution in [0.3, 0.4) is 0 Å². The highest BCUT2D eigenvalue weighted by Gasteiger charge is 2.32. The van der Waals surface area contributed by atoms with Crippen LogP contribution < -0.4 is 0 Å². The molecule has 3 rings (SSSR count). The highest BCUT2D eigenvalue weighted by molar-refractivity contribution is 5.79. The fourth-order valence-electron chi connectivity index (χ4n) is 4.81. The lowest BCUT2D eigenvalue weighted by Crippen LogP contribution is -2.47. The molecule has 26 heavy (non-hydrogen) atoms. The quantitative estimate of drug-likeness (QED) is 0.760. The van der Waals surface area contributed by atoms with Crippen molar-refractivity contribution < 1.29 is 4.79 Å². The second-order valence-corrected chi connectivity index (χ2v) is 8.50. The third kappa shape index (κ3) is 6.23. The fourth-order valence-corrected chi connectivity index (χ4v) is 4.81. The van der Waals surface area contributed by atoms with E-state index in [1.54, 1.807) is 0 Å². The fraction of sp³-hybridized carbons (Fsp3) is 0.955. The Kier molecular flexibility index (Phi) is 9.41. The van der Waals surface area contributed by atoms with Crippen LogP contribution in [0.1, 0.15) is 65.7 Å². The second kappa shape index (κ2) is 11.3. The van der Waals surface area contributed by atoms with Gasteiger partial charge in [0.25, 0.3) is 0 Å². The molecule has 1 saturated carbocycles. The smallest absolute Gasteiger partial charge is 0.225 e. The van der Waals surface area contributed by atoms with Gasteiger partial charge in [-0.05, 0) is 57.4 Å². The number of hydrogen-bond acceptors (Lipinski definition) is 3. The van der Waals surface area contributed by atoms with Gasteiger partial charge >= 0.3 is 0 Å². The number of piperidine rings is 1. The Morgan fingerprint density at radius 2 is 1.38 bits per heavy atom. The molecule has 1 aliphatic carbocycles. The van der Waals surface area contributed by atoms with Gasteiger partial charge in [0.2, 0.25) is 5.91 Å². The van der Waals surface area contributed by atoms with Crippen LogP contribution >= 0.6 is 0 Å². The average molecular weight is 366 g/mol. The molecule has 0 N–H and O–H groups in total. The Balaban J connectivity index is 0.00000117. The third-order valence-corrected chi connectivity index (χ3v) is 6.81. The average Bonchev–Trinajstić information content (AvgIpc) is 2.71. The van der Waals surface area contributed by atoms with E-state index in [4.69, 9.17) is 0 Å². The van der Waals surface area contributed by atoms with Crippen LogP contribution in [0.4, 0.5) is 0 Å². The van der Waals surface area contributed by atoms with Crippen molar-refractivity contribution in [1.29, 1.82) is 0 Å². The molecule has 0 bridgehead atoms. The molecule has 4 nitrogen and oxygen atoms in total. The molecule has 152 valence electrons. The van der Waals surface area contributed by atoms with Gasteiger partial charge in [0, 0.05) is 51.7 Å². The zero-order valence-corrected chi connectivity index (χ0v) is 17.9. The lowest BCUT2D eigenvalue weighted by Gasteiger charge is -2.38. The zero-order valence-electron chi connectivity index (χ0n) is 17.9. The molecular weight excluding hydrogens is 322 g/mol. The Bertz CT molecular complexity index is 390. The number of carbonyl (C=O) groups excluding carboxylic acids is 1.